The van der Waals surface area contributed by atoms with Gasteiger partial charge in [0.15, 0.2) is 0 Å². The second kappa shape index (κ2) is 7.50. The predicted molar refractivity (Wildman–Crippen MR) is 90.2 cm³/mol. The Morgan fingerprint density at radius 1 is 1.24 bits per heavy atom. The number of halogens is 1. The Kier molecular flexibility index (Phi) is 5.94. The average molecular weight is 356 g/mol. The minimum Gasteiger partial charge on any atom is -0.496 e. The van der Waals surface area contributed by atoms with Crippen molar-refractivity contribution in [1.29, 1.82) is 0 Å². The first-order chi connectivity index (χ1) is 10.1. The number of ether oxygens (including phenoxy) is 2. The van der Waals surface area contributed by atoms with Crippen molar-refractivity contribution in [2.45, 2.75) is 39.2 Å². The SMILES string of the molecule is CCCNC(c1cc(OC)c(Br)cc1OC)C(C)C1CC1. The number of hydrogen-bond donors (Lipinski definition) is 1. The molecule has 0 saturated heterocycles. The fourth-order valence-corrected chi connectivity index (χ4v) is 3.38. The van der Waals surface area contributed by atoms with E-state index in [9.17, 15) is 0 Å². The van der Waals surface area contributed by atoms with Crippen molar-refractivity contribution < 1.29 is 9.47 Å². The third kappa shape index (κ3) is 3.92. The second-order valence-electron chi connectivity index (χ2n) is 5.86. The van der Waals surface area contributed by atoms with Gasteiger partial charge in [0.2, 0.25) is 0 Å². The van der Waals surface area contributed by atoms with E-state index < -0.39 is 0 Å². The molecule has 21 heavy (non-hydrogen) atoms. The fourth-order valence-electron chi connectivity index (χ4n) is 2.90. The first kappa shape index (κ1) is 16.6. The molecule has 0 aromatic heterocycles. The predicted octanol–water partition coefficient (Wildman–Crippen LogP) is 4.55. The molecule has 118 valence electrons. The first-order valence-corrected chi connectivity index (χ1v) is 8.56. The van der Waals surface area contributed by atoms with E-state index in [0.717, 1.165) is 34.9 Å². The van der Waals surface area contributed by atoms with E-state index in [1.54, 1.807) is 14.2 Å². The summed E-state index contributed by atoms with van der Waals surface area (Å²) in [5.41, 5.74) is 1.20. The Labute approximate surface area is 136 Å². The lowest BCUT2D eigenvalue weighted by Crippen LogP contribution is -2.29. The molecule has 0 bridgehead atoms. The Hall–Kier alpha value is -0.740. The highest BCUT2D eigenvalue weighted by atomic mass is 79.9. The molecule has 0 spiro atoms. The molecule has 3 nitrogen and oxygen atoms in total. The number of methoxy groups -OCH3 is 2. The van der Waals surface area contributed by atoms with E-state index in [1.165, 1.54) is 18.4 Å². The van der Waals surface area contributed by atoms with E-state index in [-0.39, 0.29) is 0 Å². The fraction of sp³-hybridized carbons (Fsp3) is 0.647. The van der Waals surface area contributed by atoms with E-state index in [2.05, 4.69) is 41.2 Å². The van der Waals surface area contributed by atoms with Crippen molar-refractivity contribution >= 4 is 15.9 Å². The van der Waals surface area contributed by atoms with Crippen LogP contribution in [0.15, 0.2) is 16.6 Å². The van der Waals surface area contributed by atoms with Crippen molar-refractivity contribution in [3.8, 4) is 11.5 Å². The number of benzene rings is 1. The van der Waals surface area contributed by atoms with Gasteiger partial charge in [-0.15, -0.1) is 0 Å². The molecule has 1 aliphatic rings. The molecular formula is C17H26BrNO2. The van der Waals surface area contributed by atoms with E-state index in [1.807, 2.05) is 6.07 Å². The van der Waals surface area contributed by atoms with Crippen LogP contribution >= 0.6 is 15.9 Å². The lowest BCUT2D eigenvalue weighted by Gasteiger charge is -2.28. The number of hydrogen-bond acceptors (Lipinski definition) is 3. The highest BCUT2D eigenvalue weighted by Crippen LogP contribution is 2.46. The minimum absolute atomic E-state index is 0.314. The zero-order valence-corrected chi connectivity index (χ0v) is 15.0. The molecule has 2 unspecified atom stereocenters. The molecule has 1 aromatic carbocycles. The van der Waals surface area contributed by atoms with Gasteiger partial charge in [-0.3, -0.25) is 0 Å². The van der Waals surface area contributed by atoms with Crippen LogP contribution < -0.4 is 14.8 Å². The zero-order valence-electron chi connectivity index (χ0n) is 13.4. The minimum atomic E-state index is 0.314. The molecule has 1 aliphatic carbocycles. The quantitative estimate of drug-likeness (QED) is 0.741. The Morgan fingerprint density at radius 3 is 2.43 bits per heavy atom. The maximum Gasteiger partial charge on any atom is 0.133 e. The second-order valence-corrected chi connectivity index (χ2v) is 6.71. The molecule has 1 saturated carbocycles. The molecule has 1 N–H and O–H groups in total. The largest absolute Gasteiger partial charge is 0.496 e. The zero-order chi connectivity index (χ0) is 15.4. The average Bonchev–Trinajstić information content (AvgIpc) is 3.32. The van der Waals surface area contributed by atoms with Crippen molar-refractivity contribution in [3.05, 3.63) is 22.2 Å². The maximum absolute atomic E-state index is 5.61. The van der Waals surface area contributed by atoms with Crippen LogP contribution in [0.2, 0.25) is 0 Å². The monoisotopic (exact) mass is 355 g/mol. The Bertz CT molecular complexity index is 474. The summed E-state index contributed by atoms with van der Waals surface area (Å²) in [6.07, 6.45) is 3.83. The van der Waals surface area contributed by atoms with Gasteiger partial charge in [0.25, 0.3) is 0 Å². The van der Waals surface area contributed by atoms with Crippen molar-refractivity contribution in [2.75, 3.05) is 20.8 Å². The van der Waals surface area contributed by atoms with E-state index in [4.69, 9.17) is 9.47 Å². The van der Waals surface area contributed by atoms with Gasteiger partial charge in [0, 0.05) is 11.6 Å². The third-order valence-electron chi connectivity index (χ3n) is 4.34. The maximum atomic E-state index is 5.61. The highest BCUT2D eigenvalue weighted by molar-refractivity contribution is 9.10. The summed E-state index contributed by atoms with van der Waals surface area (Å²) in [4.78, 5) is 0. The van der Waals surface area contributed by atoms with Crippen molar-refractivity contribution in [1.82, 2.24) is 5.32 Å². The van der Waals surface area contributed by atoms with E-state index >= 15 is 0 Å². The van der Waals surface area contributed by atoms with Crippen LogP contribution in [0.5, 0.6) is 11.5 Å². The summed E-state index contributed by atoms with van der Waals surface area (Å²) >= 11 is 3.54. The van der Waals surface area contributed by atoms with Gasteiger partial charge in [0.1, 0.15) is 11.5 Å². The van der Waals surface area contributed by atoms with Crippen LogP contribution in [0, 0.1) is 11.8 Å². The normalized spacial score (nSPS) is 17.4. The van der Waals surface area contributed by atoms with Crippen LogP contribution in [0.3, 0.4) is 0 Å². The van der Waals surface area contributed by atoms with Crippen molar-refractivity contribution in [3.63, 3.8) is 0 Å². The van der Waals surface area contributed by atoms with Crippen LogP contribution in [-0.2, 0) is 0 Å². The summed E-state index contributed by atoms with van der Waals surface area (Å²) in [6.45, 7) is 5.56. The van der Waals surface area contributed by atoms with Gasteiger partial charge in [-0.05, 0) is 65.7 Å². The van der Waals surface area contributed by atoms with Gasteiger partial charge >= 0.3 is 0 Å². The number of rotatable bonds is 8. The van der Waals surface area contributed by atoms with Crippen LogP contribution in [0.4, 0.5) is 0 Å². The molecular weight excluding hydrogens is 330 g/mol. The summed E-state index contributed by atoms with van der Waals surface area (Å²) in [6, 6.07) is 4.43. The molecule has 4 heteroatoms. The van der Waals surface area contributed by atoms with E-state index in [0.29, 0.717) is 12.0 Å². The van der Waals surface area contributed by atoms with Gasteiger partial charge in [0.05, 0.1) is 18.7 Å². The summed E-state index contributed by atoms with van der Waals surface area (Å²) in [5, 5.41) is 3.70. The summed E-state index contributed by atoms with van der Waals surface area (Å²) < 4.78 is 12.0. The lowest BCUT2D eigenvalue weighted by atomic mass is 9.89. The van der Waals surface area contributed by atoms with Gasteiger partial charge in [-0.25, -0.2) is 0 Å². The van der Waals surface area contributed by atoms with Crippen LogP contribution in [-0.4, -0.2) is 20.8 Å². The summed E-state index contributed by atoms with van der Waals surface area (Å²) in [7, 11) is 3.44. The molecule has 1 fully saturated rings. The first-order valence-electron chi connectivity index (χ1n) is 7.77. The molecule has 2 rings (SSSR count). The summed E-state index contributed by atoms with van der Waals surface area (Å²) in [5.74, 6) is 3.22. The molecule has 1 aromatic rings. The molecule has 2 atom stereocenters. The lowest BCUT2D eigenvalue weighted by molar-refractivity contribution is 0.329. The van der Waals surface area contributed by atoms with Crippen LogP contribution in [0.25, 0.3) is 0 Å². The van der Waals surface area contributed by atoms with Crippen LogP contribution in [0.1, 0.15) is 44.7 Å². The Balaban J connectivity index is 2.36. The van der Waals surface area contributed by atoms with Gasteiger partial charge in [-0.2, -0.15) is 0 Å². The molecule has 0 amide bonds. The Morgan fingerprint density at radius 2 is 1.90 bits per heavy atom. The standard InChI is InChI=1S/C17H26BrNO2/c1-5-8-19-17(11(2)12-6-7-12)13-9-16(21-4)14(18)10-15(13)20-3/h9-12,17,19H,5-8H2,1-4H3. The highest BCUT2D eigenvalue weighted by Gasteiger charge is 2.35. The molecule has 0 radical (unpaired) electrons. The third-order valence-corrected chi connectivity index (χ3v) is 4.96. The van der Waals surface area contributed by atoms with Gasteiger partial charge in [-0.1, -0.05) is 13.8 Å². The molecule has 0 aliphatic heterocycles. The molecule has 0 heterocycles. The topological polar surface area (TPSA) is 30.5 Å². The van der Waals surface area contributed by atoms with Gasteiger partial charge < -0.3 is 14.8 Å². The van der Waals surface area contributed by atoms with Crippen molar-refractivity contribution in [2.24, 2.45) is 11.8 Å². The number of nitrogens with one attached hydrogen (secondary N) is 1. The smallest absolute Gasteiger partial charge is 0.133 e.